The third-order valence-corrected chi connectivity index (χ3v) is 4.75. The first kappa shape index (κ1) is 19.8. The summed E-state index contributed by atoms with van der Waals surface area (Å²) in [5.74, 6) is 0.488. The Morgan fingerprint density at radius 2 is 1.87 bits per heavy atom. The van der Waals surface area contributed by atoms with Crippen molar-refractivity contribution >= 4 is 23.2 Å². The molecule has 150 valence electrons. The first-order valence-electron chi connectivity index (χ1n) is 9.34. The van der Waals surface area contributed by atoms with Gasteiger partial charge in [-0.1, -0.05) is 41.9 Å². The maximum Gasteiger partial charge on any atom is 0.257 e. The Bertz CT molecular complexity index is 1130. The minimum absolute atomic E-state index is 0.232. The van der Waals surface area contributed by atoms with Crippen LogP contribution < -0.4 is 10.6 Å². The summed E-state index contributed by atoms with van der Waals surface area (Å²) >= 11 is 6.10. The second-order valence-corrected chi connectivity index (χ2v) is 7.01. The molecular formula is C22H19ClN6O. The summed E-state index contributed by atoms with van der Waals surface area (Å²) in [6, 6.07) is 18.6. The van der Waals surface area contributed by atoms with Gasteiger partial charge in [0.25, 0.3) is 5.91 Å². The Morgan fingerprint density at radius 3 is 2.63 bits per heavy atom. The molecule has 1 amide bonds. The second-order valence-electron chi connectivity index (χ2n) is 6.60. The SMILES string of the molecule is O=C(Nc1cccc(CNCc2ccc(-n3cncn3)nc2)c1)c1ccccc1Cl. The molecule has 0 saturated heterocycles. The fraction of sp³-hybridized carbons (Fsp3) is 0.0909. The second kappa shape index (κ2) is 9.30. The van der Waals surface area contributed by atoms with E-state index in [9.17, 15) is 4.79 Å². The largest absolute Gasteiger partial charge is 0.322 e. The Morgan fingerprint density at radius 1 is 1.00 bits per heavy atom. The van der Waals surface area contributed by atoms with Crippen LogP contribution in [0.25, 0.3) is 5.82 Å². The zero-order chi connectivity index (χ0) is 20.8. The predicted molar refractivity (Wildman–Crippen MR) is 116 cm³/mol. The number of nitrogens with zero attached hydrogens (tertiary/aromatic N) is 4. The van der Waals surface area contributed by atoms with E-state index in [1.54, 1.807) is 35.3 Å². The van der Waals surface area contributed by atoms with Crippen molar-refractivity contribution in [3.63, 3.8) is 0 Å². The minimum atomic E-state index is -0.232. The average molecular weight is 419 g/mol. The highest BCUT2D eigenvalue weighted by atomic mass is 35.5. The van der Waals surface area contributed by atoms with Gasteiger partial charge in [-0.2, -0.15) is 5.10 Å². The van der Waals surface area contributed by atoms with Gasteiger partial charge < -0.3 is 10.6 Å². The maximum absolute atomic E-state index is 12.4. The van der Waals surface area contributed by atoms with Gasteiger partial charge in [0.05, 0.1) is 10.6 Å². The number of carbonyl (C=O) groups excluding carboxylic acids is 1. The number of carbonyl (C=O) groups is 1. The van der Waals surface area contributed by atoms with Crippen LogP contribution in [0.15, 0.2) is 79.5 Å². The summed E-state index contributed by atoms with van der Waals surface area (Å²) in [6.45, 7) is 1.32. The van der Waals surface area contributed by atoms with Crippen molar-refractivity contribution in [2.45, 2.75) is 13.1 Å². The molecule has 0 aliphatic rings. The van der Waals surface area contributed by atoms with Crippen LogP contribution >= 0.6 is 11.6 Å². The van der Waals surface area contributed by atoms with Crippen LogP contribution in [0.1, 0.15) is 21.5 Å². The lowest BCUT2D eigenvalue weighted by molar-refractivity contribution is 0.102. The monoisotopic (exact) mass is 418 g/mol. The third kappa shape index (κ3) is 4.89. The normalized spacial score (nSPS) is 10.7. The van der Waals surface area contributed by atoms with Gasteiger partial charge in [-0.05, 0) is 41.5 Å². The van der Waals surface area contributed by atoms with Gasteiger partial charge in [0, 0.05) is 25.0 Å². The van der Waals surface area contributed by atoms with Crippen molar-refractivity contribution < 1.29 is 4.79 Å². The van der Waals surface area contributed by atoms with Gasteiger partial charge in [0.2, 0.25) is 0 Å². The van der Waals surface area contributed by atoms with Crippen molar-refractivity contribution in [1.82, 2.24) is 25.1 Å². The molecule has 8 heteroatoms. The highest BCUT2D eigenvalue weighted by Gasteiger charge is 2.10. The van der Waals surface area contributed by atoms with E-state index >= 15 is 0 Å². The molecule has 7 nitrogen and oxygen atoms in total. The molecule has 2 heterocycles. The first-order valence-corrected chi connectivity index (χ1v) is 9.72. The molecule has 0 spiro atoms. The Kier molecular flexibility index (Phi) is 6.12. The molecule has 0 radical (unpaired) electrons. The van der Waals surface area contributed by atoms with Crippen LogP contribution in [0.3, 0.4) is 0 Å². The highest BCUT2D eigenvalue weighted by Crippen LogP contribution is 2.18. The third-order valence-electron chi connectivity index (χ3n) is 4.42. The fourth-order valence-electron chi connectivity index (χ4n) is 2.94. The molecule has 2 N–H and O–H groups in total. The predicted octanol–water partition coefficient (Wildman–Crippen LogP) is 3.86. The quantitative estimate of drug-likeness (QED) is 0.476. The molecule has 2 aromatic heterocycles. The number of hydrogen-bond donors (Lipinski definition) is 2. The summed E-state index contributed by atoms with van der Waals surface area (Å²) in [5.41, 5.74) is 3.28. The molecule has 0 fully saturated rings. The Labute approximate surface area is 178 Å². The lowest BCUT2D eigenvalue weighted by atomic mass is 10.1. The van der Waals surface area contributed by atoms with Gasteiger partial charge in [-0.25, -0.2) is 14.6 Å². The molecule has 4 aromatic rings. The Balaban J connectivity index is 1.32. The number of benzene rings is 2. The van der Waals surface area contributed by atoms with Gasteiger partial charge in [0.1, 0.15) is 12.7 Å². The van der Waals surface area contributed by atoms with Gasteiger partial charge in [-0.15, -0.1) is 0 Å². The zero-order valence-electron chi connectivity index (χ0n) is 16.0. The average Bonchev–Trinajstić information content (AvgIpc) is 3.30. The molecular weight excluding hydrogens is 400 g/mol. The number of rotatable bonds is 7. The number of anilines is 1. The lowest BCUT2D eigenvalue weighted by Crippen LogP contribution is -2.15. The summed E-state index contributed by atoms with van der Waals surface area (Å²) in [6.07, 6.45) is 4.89. The van der Waals surface area contributed by atoms with Crippen LogP contribution in [0, 0.1) is 0 Å². The molecule has 0 bridgehead atoms. The van der Waals surface area contributed by atoms with Crippen LogP contribution in [0.4, 0.5) is 5.69 Å². The number of nitrogens with one attached hydrogen (secondary N) is 2. The first-order chi connectivity index (χ1) is 14.7. The van der Waals surface area contributed by atoms with Gasteiger partial charge in [0.15, 0.2) is 5.82 Å². The maximum atomic E-state index is 12.4. The lowest BCUT2D eigenvalue weighted by Gasteiger charge is -2.10. The summed E-state index contributed by atoms with van der Waals surface area (Å²) in [4.78, 5) is 20.7. The number of aromatic nitrogens is 4. The van der Waals surface area contributed by atoms with E-state index in [0.29, 0.717) is 23.7 Å². The van der Waals surface area contributed by atoms with E-state index < -0.39 is 0 Å². The smallest absolute Gasteiger partial charge is 0.257 e. The summed E-state index contributed by atoms with van der Waals surface area (Å²) in [5, 5.41) is 10.8. The van der Waals surface area contributed by atoms with Crippen LogP contribution in [-0.2, 0) is 13.1 Å². The summed E-state index contributed by atoms with van der Waals surface area (Å²) < 4.78 is 1.61. The van der Waals surface area contributed by atoms with Gasteiger partial charge in [-0.3, -0.25) is 4.79 Å². The van der Waals surface area contributed by atoms with E-state index in [-0.39, 0.29) is 5.91 Å². The van der Waals surface area contributed by atoms with E-state index in [0.717, 1.165) is 22.6 Å². The highest BCUT2D eigenvalue weighted by molar-refractivity contribution is 6.34. The molecule has 0 atom stereocenters. The van der Waals surface area contributed by atoms with Crippen molar-refractivity contribution in [2.24, 2.45) is 0 Å². The topological polar surface area (TPSA) is 84.7 Å². The zero-order valence-corrected chi connectivity index (χ0v) is 16.8. The molecule has 0 aliphatic heterocycles. The standard InChI is InChI=1S/C22H19ClN6O/c23-20-7-2-1-6-19(20)22(30)28-18-5-3-4-16(10-18)11-24-12-17-8-9-21(26-13-17)29-15-25-14-27-29/h1-10,13-15,24H,11-12H2,(H,28,30). The summed E-state index contributed by atoms with van der Waals surface area (Å²) in [7, 11) is 0. The molecule has 0 saturated carbocycles. The van der Waals surface area contributed by atoms with Gasteiger partial charge >= 0.3 is 0 Å². The number of pyridine rings is 1. The van der Waals surface area contributed by atoms with Crippen LogP contribution in [0.2, 0.25) is 5.02 Å². The molecule has 2 aromatic carbocycles. The van der Waals surface area contributed by atoms with Crippen molar-refractivity contribution in [2.75, 3.05) is 5.32 Å². The fourth-order valence-corrected chi connectivity index (χ4v) is 3.16. The molecule has 30 heavy (non-hydrogen) atoms. The minimum Gasteiger partial charge on any atom is -0.322 e. The number of hydrogen-bond acceptors (Lipinski definition) is 5. The van der Waals surface area contributed by atoms with Crippen LogP contribution in [-0.4, -0.2) is 25.7 Å². The van der Waals surface area contributed by atoms with Crippen molar-refractivity contribution in [3.05, 3.63) is 101 Å². The van der Waals surface area contributed by atoms with E-state index in [1.165, 1.54) is 6.33 Å². The van der Waals surface area contributed by atoms with Crippen molar-refractivity contribution in [3.8, 4) is 5.82 Å². The number of amides is 1. The van der Waals surface area contributed by atoms with Crippen LogP contribution in [0.5, 0.6) is 0 Å². The Hall–Kier alpha value is -3.55. The van der Waals surface area contributed by atoms with E-state index in [2.05, 4.69) is 25.7 Å². The molecule has 0 unspecified atom stereocenters. The number of halogens is 1. The van der Waals surface area contributed by atoms with Crippen molar-refractivity contribution in [1.29, 1.82) is 0 Å². The molecule has 0 aliphatic carbocycles. The molecule has 4 rings (SSSR count). The van der Waals surface area contributed by atoms with E-state index in [1.807, 2.05) is 42.6 Å². The van der Waals surface area contributed by atoms with E-state index in [4.69, 9.17) is 11.6 Å².